The molecular formula is C38H64O4. The first kappa shape index (κ1) is 35.3. The van der Waals surface area contributed by atoms with Crippen molar-refractivity contribution in [3.05, 3.63) is 47.6 Å². The van der Waals surface area contributed by atoms with Gasteiger partial charge in [0.1, 0.15) is 0 Å². The van der Waals surface area contributed by atoms with Crippen LogP contribution in [-0.4, -0.2) is 47.3 Å². The predicted molar refractivity (Wildman–Crippen MR) is 176 cm³/mol. The first-order valence-electron chi connectivity index (χ1n) is 17.4. The number of ether oxygens (including phenoxy) is 1. The SMILES string of the molecule is C=C(C(O)CC(C)OC)C(CC(CC)C1=CC(C(C(C)C)C2CCC=C(C3CCCCC3)CC2)C(C)C=C1)C(O)CO. The molecule has 0 aromatic heterocycles. The molecule has 4 heteroatoms. The monoisotopic (exact) mass is 584 g/mol. The van der Waals surface area contributed by atoms with Crippen molar-refractivity contribution in [1.29, 1.82) is 0 Å². The lowest BCUT2D eigenvalue weighted by Gasteiger charge is -2.40. The van der Waals surface area contributed by atoms with Crippen LogP contribution in [0.15, 0.2) is 47.6 Å². The molecule has 0 spiro atoms. The maximum Gasteiger partial charge on any atom is 0.0837 e. The fraction of sp³-hybridized carbons (Fsp3) is 0.789. The van der Waals surface area contributed by atoms with Gasteiger partial charge in [0.05, 0.1) is 24.9 Å². The zero-order chi connectivity index (χ0) is 30.8. The van der Waals surface area contributed by atoms with Crippen LogP contribution in [0.4, 0.5) is 0 Å². The van der Waals surface area contributed by atoms with Crippen LogP contribution in [-0.2, 0) is 4.74 Å². The Morgan fingerprint density at radius 2 is 1.76 bits per heavy atom. The van der Waals surface area contributed by atoms with Crippen LogP contribution in [0.1, 0.15) is 112 Å². The van der Waals surface area contributed by atoms with E-state index in [0.717, 1.165) is 18.3 Å². The molecule has 1 fully saturated rings. The van der Waals surface area contributed by atoms with Crippen molar-refractivity contribution in [3.63, 3.8) is 0 Å². The fourth-order valence-electron chi connectivity index (χ4n) is 8.50. The smallest absolute Gasteiger partial charge is 0.0837 e. The third-order valence-electron chi connectivity index (χ3n) is 11.2. The highest BCUT2D eigenvalue weighted by molar-refractivity contribution is 5.29. The number of hydrogen-bond acceptors (Lipinski definition) is 4. The zero-order valence-corrected chi connectivity index (χ0v) is 27.8. The largest absolute Gasteiger partial charge is 0.394 e. The van der Waals surface area contributed by atoms with Crippen molar-refractivity contribution < 1.29 is 20.1 Å². The first-order valence-corrected chi connectivity index (χ1v) is 17.4. The highest BCUT2D eigenvalue weighted by Gasteiger charge is 2.37. The zero-order valence-electron chi connectivity index (χ0n) is 27.8. The summed E-state index contributed by atoms with van der Waals surface area (Å²) < 4.78 is 5.36. The Balaban J connectivity index is 1.78. The lowest BCUT2D eigenvalue weighted by atomic mass is 9.65. The van der Waals surface area contributed by atoms with Crippen molar-refractivity contribution in [1.82, 2.24) is 0 Å². The Labute approximate surface area is 258 Å². The molecule has 0 aliphatic heterocycles. The van der Waals surface area contributed by atoms with Crippen LogP contribution in [0.2, 0.25) is 0 Å². The lowest BCUT2D eigenvalue weighted by molar-refractivity contribution is 0.0303. The molecule has 0 heterocycles. The van der Waals surface area contributed by atoms with Gasteiger partial charge in [0, 0.05) is 19.4 Å². The summed E-state index contributed by atoms with van der Waals surface area (Å²) in [5.74, 6) is 3.69. The number of rotatable bonds is 15. The highest BCUT2D eigenvalue weighted by Crippen LogP contribution is 2.46. The Kier molecular flexibility index (Phi) is 14.6. The van der Waals surface area contributed by atoms with Crippen LogP contribution in [0, 0.1) is 47.3 Å². The molecule has 0 aromatic carbocycles. The van der Waals surface area contributed by atoms with Crippen molar-refractivity contribution in [3.8, 4) is 0 Å². The summed E-state index contributed by atoms with van der Waals surface area (Å²) >= 11 is 0. The van der Waals surface area contributed by atoms with E-state index in [-0.39, 0.29) is 24.5 Å². The third kappa shape index (κ3) is 9.40. The number of methoxy groups -OCH3 is 1. The number of aliphatic hydroxyl groups is 3. The van der Waals surface area contributed by atoms with Gasteiger partial charge in [-0.05, 0) is 111 Å². The molecular weight excluding hydrogens is 520 g/mol. The van der Waals surface area contributed by atoms with Crippen LogP contribution >= 0.6 is 0 Å². The minimum Gasteiger partial charge on any atom is -0.394 e. The Bertz CT molecular complexity index is 910. The summed E-state index contributed by atoms with van der Waals surface area (Å²) in [5.41, 5.74) is 3.72. The summed E-state index contributed by atoms with van der Waals surface area (Å²) in [4.78, 5) is 0. The van der Waals surface area contributed by atoms with Crippen LogP contribution < -0.4 is 0 Å². The molecule has 0 amide bonds. The van der Waals surface area contributed by atoms with Gasteiger partial charge in [-0.1, -0.05) is 83.4 Å². The summed E-state index contributed by atoms with van der Waals surface area (Å²) in [6, 6.07) is 0. The second kappa shape index (κ2) is 17.3. The van der Waals surface area contributed by atoms with Crippen molar-refractivity contribution in [2.45, 2.75) is 130 Å². The maximum atomic E-state index is 10.9. The van der Waals surface area contributed by atoms with E-state index in [0.29, 0.717) is 42.1 Å². The van der Waals surface area contributed by atoms with E-state index in [4.69, 9.17) is 4.74 Å². The third-order valence-corrected chi connectivity index (χ3v) is 11.2. The average molecular weight is 585 g/mol. The predicted octanol–water partition coefficient (Wildman–Crippen LogP) is 8.43. The lowest BCUT2D eigenvalue weighted by Crippen LogP contribution is -2.34. The molecule has 3 aliphatic rings. The second-order valence-electron chi connectivity index (χ2n) is 14.3. The molecule has 42 heavy (non-hydrogen) atoms. The summed E-state index contributed by atoms with van der Waals surface area (Å²) in [6.07, 6.45) is 22.3. The minimum atomic E-state index is -0.942. The molecule has 9 atom stereocenters. The quantitative estimate of drug-likeness (QED) is 0.169. The second-order valence-corrected chi connectivity index (χ2v) is 14.3. The van der Waals surface area contributed by atoms with E-state index in [9.17, 15) is 15.3 Å². The highest BCUT2D eigenvalue weighted by atomic mass is 16.5. The Hall–Kier alpha value is -1.20. The van der Waals surface area contributed by atoms with Crippen molar-refractivity contribution >= 4 is 0 Å². The summed E-state index contributed by atoms with van der Waals surface area (Å²) in [5, 5.41) is 31.7. The molecule has 3 aliphatic carbocycles. The van der Waals surface area contributed by atoms with Gasteiger partial charge >= 0.3 is 0 Å². The van der Waals surface area contributed by atoms with Gasteiger partial charge in [-0.3, -0.25) is 0 Å². The Morgan fingerprint density at radius 3 is 2.38 bits per heavy atom. The fourth-order valence-corrected chi connectivity index (χ4v) is 8.50. The van der Waals surface area contributed by atoms with Gasteiger partial charge in [-0.25, -0.2) is 0 Å². The van der Waals surface area contributed by atoms with Gasteiger partial charge in [0.15, 0.2) is 0 Å². The van der Waals surface area contributed by atoms with E-state index in [1.807, 2.05) is 6.92 Å². The standard InChI is InChI=1S/C38H64O4/c1-8-29(22-35(37(41)24-39)28(6)36(40)21-27(5)42-7)33-18-17-26(4)34(23-33)38(25(2)3)32-16-12-15-31(19-20-32)30-13-10-9-11-14-30/h15,17-18,23,25-27,29-30,32,34-41H,6,8-14,16,19-22,24H2,1-5,7H3. The summed E-state index contributed by atoms with van der Waals surface area (Å²) in [6.45, 7) is 15.3. The van der Waals surface area contributed by atoms with E-state index in [2.05, 4.69) is 58.6 Å². The molecule has 0 saturated heterocycles. The molecule has 4 nitrogen and oxygen atoms in total. The van der Waals surface area contributed by atoms with Gasteiger partial charge in [0.25, 0.3) is 0 Å². The van der Waals surface area contributed by atoms with Crippen molar-refractivity contribution in [2.24, 2.45) is 47.3 Å². The van der Waals surface area contributed by atoms with Gasteiger partial charge in [0.2, 0.25) is 0 Å². The molecule has 0 bridgehead atoms. The molecule has 3 N–H and O–H groups in total. The van der Waals surface area contributed by atoms with Gasteiger partial charge < -0.3 is 20.1 Å². The van der Waals surface area contributed by atoms with Crippen LogP contribution in [0.3, 0.4) is 0 Å². The van der Waals surface area contributed by atoms with E-state index >= 15 is 0 Å². The molecule has 0 aromatic rings. The maximum absolute atomic E-state index is 10.9. The summed E-state index contributed by atoms with van der Waals surface area (Å²) in [7, 11) is 1.64. The van der Waals surface area contributed by atoms with Gasteiger partial charge in [-0.2, -0.15) is 0 Å². The number of aliphatic hydroxyl groups excluding tert-OH is 3. The Morgan fingerprint density at radius 1 is 1.05 bits per heavy atom. The molecule has 0 radical (unpaired) electrons. The van der Waals surface area contributed by atoms with Crippen LogP contribution in [0.5, 0.6) is 0 Å². The van der Waals surface area contributed by atoms with E-state index in [1.54, 1.807) is 12.7 Å². The van der Waals surface area contributed by atoms with Gasteiger partial charge in [-0.15, -0.1) is 0 Å². The number of allylic oxidation sites excluding steroid dienone is 6. The van der Waals surface area contributed by atoms with Crippen LogP contribution in [0.25, 0.3) is 0 Å². The molecule has 3 rings (SSSR count). The molecule has 240 valence electrons. The first-order chi connectivity index (χ1) is 20.1. The number of hydrogen-bond donors (Lipinski definition) is 3. The molecule has 1 saturated carbocycles. The van der Waals surface area contributed by atoms with Crippen molar-refractivity contribution in [2.75, 3.05) is 13.7 Å². The molecule has 9 unspecified atom stereocenters. The minimum absolute atomic E-state index is 0.109. The van der Waals surface area contributed by atoms with E-state index < -0.39 is 12.2 Å². The topological polar surface area (TPSA) is 69.9 Å². The average Bonchev–Trinajstić information content (AvgIpc) is 3.24. The normalized spacial score (nSPS) is 28.3. The van der Waals surface area contributed by atoms with E-state index in [1.165, 1.54) is 63.4 Å².